The van der Waals surface area contributed by atoms with Crippen LogP contribution in [0.2, 0.25) is 36.3 Å². The van der Waals surface area contributed by atoms with E-state index < -0.39 is 62.7 Å². The number of carbonyl (C=O) groups excluding carboxylic acids is 2. The summed E-state index contributed by atoms with van der Waals surface area (Å²) in [4.78, 5) is 24.5. The molecule has 2 aliphatic heterocycles. The van der Waals surface area contributed by atoms with Crippen molar-refractivity contribution >= 4 is 38.6 Å². The quantitative estimate of drug-likeness (QED) is 0.254. The molecule has 1 amide bonds. The Bertz CT molecular complexity index is 1310. The number of hydrogen-bond donors (Lipinski definition) is 1. The van der Waals surface area contributed by atoms with Crippen LogP contribution in [-0.4, -0.2) is 83.4 Å². The van der Waals surface area contributed by atoms with Crippen molar-refractivity contribution in [3.05, 3.63) is 23.0 Å². The van der Waals surface area contributed by atoms with Gasteiger partial charge in [0.25, 0.3) is 10.1 Å². The van der Waals surface area contributed by atoms with Gasteiger partial charge in [0.15, 0.2) is 34.2 Å². The molecule has 1 unspecified atom stereocenters. The maximum absolute atomic E-state index is 13.1. The molecule has 1 spiro atoms. The van der Waals surface area contributed by atoms with Gasteiger partial charge in [-0.15, -0.1) is 5.10 Å². The first-order valence-corrected chi connectivity index (χ1v) is 20.7. The van der Waals surface area contributed by atoms with E-state index in [1.807, 2.05) is 33.9 Å². The molecule has 0 radical (unpaired) electrons. The third kappa shape index (κ3) is 6.52. The highest BCUT2D eigenvalue weighted by Crippen LogP contribution is 2.52. The lowest BCUT2D eigenvalue weighted by Gasteiger charge is -2.44. The van der Waals surface area contributed by atoms with Crippen LogP contribution in [0.3, 0.4) is 0 Å². The normalized spacial score (nSPS) is 26.7. The van der Waals surface area contributed by atoms with Crippen LogP contribution >= 0.6 is 0 Å². The van der Waals surface area contributed by atoms with Crippen LogP contribution < -0.4 is 5.32 Å². The van der Waals surface area contributed by atoms with Crippen LogP contribution in [0.1, 0.15) is 65.2 Å². The predicted molar refractivity (Wildman–Crippen MR) is 155 cm³/mol. The highest BCUT2D eigenvalue weighted by Gasteiger charge is 2.68. The Morgan fingerprint density at radius 3 is 2.20 bits per heavy atom. The Balaban J connectivity index is 2.25. The van der Waals surface area contributed by atoms with E-state index in [1.165, 1.54) is 24.9 Å². The predicted octanol–water partition coefficient (Wildman–Crippen LogP) is 3.45. The van der Waals surface area contributed by atoms with E-state index in [4.69, 9.17) is 22.5 Å². The molecule has 1 N–H and O–H groups in total. The number of nitrogens with zero attached hydrogens (tertiary/aromatic N) is 3. The standard InChI is InChI=1S/C25H44N4O9SSi2/c1-16(30)26-18-15-39(32,33)38-25(18)19(14-35-40(9,10)23(2,3)4)36-21(20(25)37-41(11,12)24(5,6)7)29-13-17(27-28-29)22(31)34-8/h13,15,19-21H,14H2,1-12H3,(H,26,30)/t19-,20+,21-,25?/m1/s1. The van der Waals surface area contributed by atoms with E-state index in [1.54, 1.807) is 0 Å². The largest absolute Gasteiger partial charge is 0.464 e. The summed E-state index contributed by atoms with van der Waals surface area (Å²) in [5.41, 5.74) is -1.92. The number of carbonyl (C=O) groups is 2. The highest BCUT2D eigenvalue weighted by molar-refractivity contribution is 7.90. The van der Waals surface area contributed by atoms with Gasteiger partial charge in [-0.3, -0.25) is 4.79 Å². The SMILES string of the molecule is COC(=O)c1cn([C@@H]2O[C@H](CO[Si](C)(C)C(C)(C)C)C3(OS(=O)(=O)C=C3NC(C)=O)[C@H]2O[Si](C)(C)C(C)(C)C)nn1. The first kappa shape index (κ1) is 33.5. The second kappa shape index (κ2) is 11.0. The third-order valence-corrected chi connectivity index (χ3v) is 18.5. The van der Waals surface area contributed by atoms with Crippen LogP contribution in [0.15, 0.2) is 17.3 Å². The van der Waals surface area contributed by atoms with Gasteiger partial charge < -0.3 is 23.6 Å². The lowest BCUT2D eigenvalue weighted by atomic mass is 9.89. The Morgan fingerprint density at radius 1 is 1.10 bits per heavy atom. The fourth-order valence-electron chi connectivity index (χ4n) is 4.08. The molecule has 0 saturated carbocycles. The number of aromatic nitrogens is 3. The van der Waals surface area contributed by atoms with Gasteiger partial charge in [0.05, 0.1) is 31.0 Å². The summed E-state index contributed by atoms with van der Waals surface area (Å²) in [5.74, 6) is -1.20. The minimum absolute atomic E-state index is 0.0200. The number of rotatable bonds is 8. The summed E-state index contributed by atoms with van der Waals surface area (Å²) in [6.45, 7) is 21.7. The van der Waals surface area contributed by atoms with Crippen molar-refractivity contribution in [3.8, 4) is 0 Å². The number of amides is 1. The molecule has 41 heavy (non-hydrogen) atoms. The summed E-state index contributed by atoms with van der Waals surface area (Å²) in [6, 6.07) is 0. The van der Waals surface area contributed by atoms with Gasteiger partial charge >= 0.3 is 5.97 Å². The summed E-state index contributed by atoms with van der Waals surface area (Å²) in [6.07, 6.45) is -1.96. The summed E-state index contributed by atoms with van der Waals surface area (Å²) < 4.78 is 58.1. The van der Waals surface area contributed by atoms with Crippen molar-refractivity contribution in [1.82, 2.24) is 20.3 Å². The molecule has 0 aliphatic carbocycles. The lowest BCUT2D eigenvalue weighted by molar-refractivity contribution is -0.119. The van der Waals surface area contributed by atoms with E-state index >= 15 is 0 Å². The van der Waals surface area contributed by atoms with Crippen molar-refractivity contribution in [1.29, 1.82) is 0 Å². The van der Waals surface area contributed by atoms with Crippen LogP contribution in [0.25, 0.3) is 0 Å². The lowest BCUT2D eigenvalue weighted by Crippen LogP contribution is -2.59. The van der Waals surface area contributed by atoms with Gasteiger partial charge in [-0.2, -0.15) is 8.42 Å². The van der Waals surface area contributed by atoms with Gasteiger partial charge in [-0.1, -0.05) is 46.8 Å². The molecule has 4 atom stereocenters. The van der Waals surface area contributed by atoms with Crippen LogP contribution in [-0.2, 0) is 37.4 Å². The molecule has 1 aromatic heterocycles. The second-order valence-corrected chi connectivity index (χ2v) is 24.5. The molecular weight excluding hydrogens is 589 g/mol. The Labute approximate surface area is 244 Å². The van der Waals surface area contributed by atoms with E-state index in [2.05, 4.69) is 49.5 Å². The van der Waals surface area contributed by atoms with Gasteiger partial charge in [0.1, 0.15) is 12.2 Å². The molecule has 0 aromatic carbocycles. The number of ether oxygens (including phenoxy) is 2. The average Bonchev–Trinajstić information content (AvgIpc) is 3.45. The molecule has 232 valence electrons. The van der Waals surface area contributed by atoms with Crippen LogP contribution in [0.4, 0.5) is 0 Å². The molecule has 1 fully saturated rings. The smallest absolute Gasteiger partial charge is 0.360 e. The summed E-state index contributed by atoms with van der Waals surface area (Å²) >= 11 is 0. The molecule has 2 aliphatic rings. The van der Waals surface area contributed by atoms with Crippen LogP contribution in [0.5, 0.6) is 0 Å². The minimum atomic E-state index is -4.27. The molecule has 3 heterocycles. The molecule has 1 aromatic rings. The molecular formula is C25H44N4O9SSi2. The number of hydrogen-bond acceptors (Lipinski definition) is 11. The van der Waals surface area contributed by atoms with Crippen molar-refractivity contribution in [2.75, 3.05) is 13.7 Å². The third-order valence-electron chi connectivity index (χ3n) is 8.51. The van der Waals surface area contributed by atoms with E-state index in [0.717, 1.165) is 5.41 Å². The zero-order chi connectivity index (χ0) is 31.4. The number of methoxy groups -OCH3 is 1. The highest BCUT2D eigenvalue weighted by atomic mass is 32.2. The monoisotopic (exact) mass is 632 g/mol. The number of esters is 1. The topological polar surface area (TPSA) is 157 Å². The zero-order valence-electron chi connectivity index (χ0n) is 26.0. The second-order valence-electron chi connectivity index (χ2n) is 13.5. The molecule has 3 rings (SSSR count). The Hall–Kier alpha value is -1.96. The van der Waals surface area contributed by atoms with E-state index in [-0.39, 0.29) is 28.1 Å². The maximum Gasteiger partial charge on any atom is 0.360 e. The fourth-order valence-corrected chi connectivity index (χ4v) is 7.62. The molecule has 13 nitrogen and oxygen atoms in total. The van der Waals surface area contributed by atoms with E-state index in [0.29, 0.717) is 0 Å². The van der Waals surface area contributed by atoms with Crippen molar-refractivity contribution in [2.45, 2.75) is 109 Å². The van der Waals surface area contributed by atoms with Crippen molar-refractivity contribution < 1.29 is 40.5 Å². The summed E-state index contributed by atoms with van der Waals surface area (Å²) in [5, 5.41) is 11.1. The van der Waals surface area contributed by atoms with Gasteiger partial charge in [-0.05, 0) is 36.3 Å². The first-order valence-electron chi connectivity index (χ1n) is 13.4. The number of nitrogens with one attached hydrogen (secondary N) is 1. The first-order chi connectivity index (χ1) is 18.5. The van der Waals surface area contributed by atoms with Gasteiger partial charge in [0.2, 0.25) is 5.91 Å². The van der Waals surface area contributed by atoms with Gasteiger partial charge in [0, 0.05) is 6.92 Å². The van der Waals surface area contributed by atoms with E-state index in [9.17, 15) is 18.0 Å². The summed E-state index contributed by atoms with van der Waals surface area (Å²) in [7, 11) is -8.09. The molecule has 1 saturated heterocycles. The fraction of sp³-hybridized carbons (Fsp3) is 0.760. The van der Waals surface area contributed by atoms with Crippen molar-refractivity contribution in [3.63, 3.8) is 0 Å². The Kier molecular flexibility index (Phi) is 8.96. The minimum Gasteiger partial charge on any atom is -0.464 e. The Morgan fingerprint density at radius 2 is 1.68 bits per heavy atom. The zero-order valence-corrected chi connectivity index (χ0v) is 28.8. The van der Waals surface area contributed by atoms with Crippen molar-refractivity contribution in [2.24, 2.45) is 0 Å². The van der Waals surface area contributed by atoms with Crippen LogP contribution in [0, 0.1) is 0 Å². The molecule has 16 heteroatoms. The average molecular weight is 633 g/mol. The molecule has 0 bridgehead atoms. The maximum atomic E-state index is 13.1. The van der Waals surface area contributed by atoms with Gasteiger partial charge in [-0.25, -0.2) is 13.7 Å².